The Morgan fingerprint density at radius 2 is 1.90 bits per heavy atom. The van der Waals surface area contributed by atoms with Crippen LogP contribution in [0, 0.1) is 13.8 Å². The number of aromatic amines is 2. The van der Waals surface area contributed by atoms with Crippen molar-refractivity contribution in [3.05, 3.63) is 69.4 Å². The minimum atomic E-state index is -3.74. The first-order valence-electron chi connectivity index (χ1n) is 9.57. The molecule has 5 rings (SSSR count). The second-order valence-electron chi connectivity index (χ2n) is 7.42. The Hall–Kier alpha value is -3.24. The van der Waals surface area contributed by atoms with Gasteiger partial charge in [0.1, 0.15) is 4.90 Å². The second kappa shape index (κ2) is 6.64. The maximum absolute atomic E-state index is 13.2. The molecule has 0 spiro atoms. The van der Waals surface area contributed by atoms with Crippen LogP contribution in [0.3, 0.4) is 0 Å². The van der Waals surface area contributed by atoms with Gasteiger partial charge in [0.25, 0.3) is 5.56 Å². The summed E-state index contributed by atoms with van der Waals surface area (Å²) in [6.45, 7) is 3.62. The normalized spacial score (nSPS) is 14.9. The standard InChI is InChI=1S/C20H20N6O3S/c1-12-19(13(2)23-22-12)30(28,29)25-9-8-15-17(11-25)21-18-10-16(24-26(18)20(15)27)14-6-4-3-5-7-14/h3-7,10,24H,8-9,11H2,1-2H3,(H,22,23). The van der Waals surface area contributed by atoms with Crippen molar-refractivity contribution in [1.29, 1.82) is 0 Å². The van der Waals surface area contributed by atoms with E-state index in [4.69, 9.17) is 0 Å². The van der Waals surface area contributed by atoms with Crippen LogP contribution in [0.25, 0.3) is 16.9 Å². The molecular weight excluding hydrogens is 404 g/mol. The van der Waals surface area contributed by atoms with Crippen molar-refractivity contribution in [2.24, 2.45) is 0 Å². The summed E-state index contributed by atoms with van der Waals surface area (Å²) in [6, 6.07) is 11.5. The van der Waals surface area contributed by atoms with Crippen LogP contribution < -0.4 is 5.56 Å². The zero-order valence-corrected chi connectivity index (χ0v) is 17.3. The zero-order valence-electron chi connectivity index (χ0n) is 16.5. The average Bonchev–Trinajstić information content (AvgIpc) is 3.32. The molecule has 0 unspecified atom stereocenters. The Bertz CT molecular complexity index is 1410. The highest BCUT2D eigenvalue weighted by Gasteiger charge is 2.34. The molecule has 4 heterocycles. The van der Waals surface area contributed by atoms with Crippen molar-refractivity contribution in [3.8, 4) is 11.3 Å². The molecule has 0 aliphatic carbocycles. The van der Waals surface area contributed by atoms with Gasteiger partial charge in [-0.15, -0.1) is 0 Å². The number of benzene rings is 1. The number of fused-ring (bicyclic) bond motifs is 2. The third kappa shape index (κ3) is 2.79. The van der Waals surface area contributed by atoms with E-state index in [9.17, 15) is 13.2 Å². The van der Waals surface area contributed by atoms with E-state index in [0.29, 0.717) is 34.7 Å². The third-order valence-electron chi connectivity index (χ3n) is 5.47. The van der Waals surface area contributed by atoms with Crippen molar-refractivity contribution < 1.29 is 8.42 Å². The highest BCUT2D eigenvalue weighted by molar-refractivity contribution is 7.89. The van der Waals surface area contributed by atoms with Gasteiger partial charge in [-0.2, -0.15) is 9.40 Å². The van der Waals surface area contributed by atoms with Crippen LogP contribution in [0.1, 0.15) is 22.6 Å². The first-order chi connectivity index (χ1) is 14.4. The molecule has 1 aromatic carbocycles. The molecule has 30 heavy (non-hydrogen) atoms. The largest absolute Gasteiger partial charge is 0.289 e. The number of hydrogen-bond donors (Lipinski definition) is 2. The van der Waals surface area contributed by atoms with E-state index < -0.39 is 10.0 Å². The van der Waals surface area contributed by atoms with Gasteiger partial charge in [0.05, 0.1) is 29.3 Å². The number of H-pyrrole nitrogens is 2. The first-order valence-corrected chi connectivity index (χ1v) is 11.0. The molecule has 0 fully saturated rings. The summed E-state index contributed by atoms with van der Waals surface area (Å²) in [4.78, 5) is 17.8. The minimum Gasteiger partial charge on any atom is -0.289 e. The highest BCUT2D eigenvalue weighted by atomic mass is 32.2. The number of nitrogens with one attached hydrogen (secondary N) is 2. The van der Waals surface area contributed by atoms with E-state index in [1.54, 1.807) is 19.9 Å². The van der Waals surface area contributed by atoms with E-state index >= 15 is 0 Å². The van der Waals surface area contributed by atoms with E-state index in [-0.39, 0.29) is 23.5 Å². The lowest BCUT2D eigenvalue weighted by molar-refractivity contribution is 0.383. The summed E-state index contributed by atoms with van der Waals surface area (Å²) in [5, 5.41) is 9.83. The molecule has 0 amide bonds. The molecule has 0 saturated carbocycles. The molecule has 9 nitrogen and oxygen atoms in total. The van der Waals surface area contributed by atoms with Gasteiger partial charge in [0.15, 0.2) is 5.65 Å². The summed E-state index contributed by atoms with van der Waals surface area (Å²) in [5.41, 5.74) is 3.96. The maximum Gasteiger partial charge on any atom is 0.276 e. The Kier molecular flexibility index (Phi) is 4.16. The van der Waals surface area contributed by atoms with Crippen molar-refractivity contribution >= 4 is 15.7 Å². The fraction of sp³-hybridized carbons (Fsp3) is 0.250. The van der Waals surface area contributed by atoms with Gasteiger partial charge in [-0.05, 0) is 25.8 Å². The SMILES string of the molecule is Cc1n[nH]c(C)c1S(=O)(=O)N1CCc2c(nc3cc(-c4ccccc4)[nH]n3c2=O)C1. The maximum atomic E-state index is 13.2. The van der Waals surface area contributed by atoms with Gasteiger partial charge in [0.2, 0.25) is 10.0 Å². The Balaban J connectivity index is 1.57. The topological polar surface area (TPSA) is 116 Å². The van der Waals surface area contributed by atoms with Gasteiger partial charge in [-0.1, -0.05) is 30.3 Å². The molecule has 1 aliphatic heterocycles. The summed E-state index contributed by atoms with van der Waals surface area (Å²) < 4.78 is 29.2. The number of hydrogen-bond acceptors (Lipinski definition) is 5. The van der Waals surface area contributed by atoms with E-state index in [2.05, 4.69) is 20.3 Å². The molecule has 3 aromatic heterocycles. The number of nitrogens with zero attached hydrogens (tertiary/aromatic N) is 4. The van der Waals surface area contributed by atoms with Crippen LogP contribution in [0.4, 0.5) is 0 Å². The van der Waals surface area contributed by atoms with Crippen LogP contribution in [-0.2, 0) is 23.0 Å². The summed E-state index contributed by atoms with van der Waals surface area (Å²) in [6.07, 6.45) is 0.305. The molecule has 10 heteroatoms. The summed E-state index contributed by atoms with van der Waals surface area (Å²) in [7, 11) is -3.74. The highest BCUT2D eigenvalue weighted by Crippen LogP contribution is 2.26. The van der Waals surface area contributed by atoms with Crippen molar-refractivity contribution in [2.75, 3.05) is 6.54 Å². The number of rotatable bonds is 3. The van der Waals surface area contributed by atoms with Gasteiger partial charge in [-0.3, -0.25) is 15.0 Å². The number of aryl methyl sites for hydroxylation is 2. The van der Waals surface area contributed by atoms with Crippen LogP contribution in [-0.4, -0.2) is 44.1 Å². The van der Waals surface area contributed by atoms with Gasteiger partial charge in [0, 0.05) is 18.2 Å². The quantitative estimate of drug-likeness (QED) is 0.520. The van der Waals surface area contributed by atoms with Gasteiger partial charge >= 0.3 is 0 Å². The predicted molar refractivity (Wildman–Crippen MR) is 111 cm³/mol. The number of aromatic nitrogens is 5. The van der Waals surface area contributed by atoms with Crippen LogP contribution in [0.15, 0.2) is 46.1 Å². The molecule has 0 atom stereocenters. The molecule has 0 saturated heterocycles. The van der Waals surface area contributed by atoms with Crippen LogP contribution >= 0.6 is 0 Å². The van der Waals surface area contributed by atoms with Crippen molar-refractivity contribution in [3.63, 3.8) is 0 Å². The molecular formula is C20H20N6O3S. The summed E-state index contributed by atoms with van der Waals surface area (Å²) in [5.74, 6) is 0. The van der Waals surface area contributed by atoms with E-state index in [0.717, 1.165) is 11.3 Å². The van der Waals surface area contributed by atoms with Crippen molar-refractivity contribution in [2.45, 2.75) is 31.7 Å². The molecule has 154 valence electrons. The Morgan fingerprint density at radius 3 is 2.60 bits per heavy atom. The number of sulfonamides is 1. The molecule has 4 aromatic rings. The van der Waals surface area contributed by atoms with Gasteiger partial charge in [-0.25, -0.2) is 17.9 Å². The predicted octanol–water partition coefficient (Wildman–Crippen LogP) is 1.78. The molecule has 0 bridgehead atoms. The minimum absolute atomic E-state index is 0.0549. The fourth-order valence-corrected chi connectivity index (χ4v) is 5.72. The molecule has 0 radical (unpaired) electrons. The third-order valence-corrected chi connectivity index (χ3v) is 7.58. The fourth-order valence-electron chi connectivity index (χ4n) is 3.99. The lowest BCUT2D eigenvalue weighted by Crippen LogP contribution is -2.40. The van der Waals surface area contributed by atoms with Crippen molar-refractivity contribution in [1.82, 2.24) is 29.1 Å². The lowest BCUT2D eigenvalue weighted by Gasteiger charge is -2.27. The smallest absolute Gasteiger partial charge is 0.276 e. The van der Waals surface area contributed by atoms with Gasteiger partial charge < -0.3 is 0 Å². The Labute approximate surface area is 172 Å². The Morgan fingerprint density at radius 1 is 1.13 bits per heavy atom. The second-order valence-corrected chi connectivity index (χ2v) is 9.30. The summed E-state index contributed by atoms with van der Waals surface area (Å²) >= 11 is 0. The first kappa shape index (κ1) is 18.8. The lowest BCUT2D eigenvalue weighted by atomic mass is 10.1. The van der Waals surface area contributed by atoms with E-state index in [1.165, 1.54) is 8.82 Å². The van der Waals surface area contributed by atoms with Crippen LogP contribution in [0.5, 0.6) is 0 Å². The monoisotopic (exact) mass is 424 g/mol. The average molecular weight is 424 g/mol. The molecule has 1 aliphatic rings. The zero-order chi connectivity index (χ0) is 21.0. The van der Waals surface area contributed by atoms with Crippen LogP contribution in [0.2, 0.25) is 0 Å². The molecule has 2 N–H and O–H groups in total. The van der Waals surface area contributed by atoms with E-state index in [1.807, 2.05) is 30.3 Å².